The third kappa shape index (κ3) is 7.39. The predicted octanol–water partition coefficient (Wildman–Crippen LogP) is 5.70. The second-order valence-corrected chi connectivity index (χ2v) is 8.37. The highest BCUT2D eigenvalue weighted by Gasteiger charge is 2.10. The van der Waals surface area contributed by atoms with Crippen molar-refractivity contribution in [1.29, 1.82) is 0 Å². The number of nitrogens with one attached hydrogen (secondary N) is 2. The average Bonchev–Trinajstić information content (AvgIpc) is 2.64. The minimum Gasteiger partial charge on any atom is -0.483 e. The summed E-state index contributed by atoms with van der Waals surface area (Å²) < 4.78 is 7.49. The highest BCUT2D eigenvalue weighted by atomic mass is 79.9. The Morgan fingerprint density at radius 3 is 2.67 bits per heavy atom. The number of carbonyl (C=O) groups is 1. The SMILES string of the molecule is CCCCCCCNC(=S)NC(=O)COc1ccc2cc(Br)ccc2c1Br. The Balaban J connectivity index is 1.77. The fourth-order valence-electron chi connectivity index (χ4n) is 2.63. The van der Waals surface area contributed by atoms with Gasteiger partial charge in [0, 0.05) is 11.0 Å². The number of rotatable bonds is 9. The molecule has 4 nitrogen and oxygen atoms in total. The normalized spacial score (nSPS) is 10.6. The molecule has 0 atom stereocenters. The molecule has 146 valence electrons. The fourth-order valence-corrected chi connectivity index (χ4v) is 3.84. The summed E-state index contributed by atoms with van der Waals surface area (Å²) in [4.78, 5) is 12.0. The van der Waals surface area contributed by atoms with Gasteiger partial charge in [-0.1, -0.05) is 60.7 Å². The lowest BCUT2D eigenvalue weighted by molar-refractivity contribution is -0.121. The number of carbonyl (C=O) groups excluding carboxylic acids is 1. The lowest BCUT2D eigenvalue weighted by Crippen LogP contribution is -2.41. The Morgan fingerprint density at radius 1 is 1.11 bits per heavy atom. The van der Waals surface area contributed by atoms with Crippen LogP contribution in [0.15, 0.2) is 39.3 Å². The highest BCUT2D eigenvalue weighted by molar-refractivity contribution is 9.11. The van der Waals surface area contributed by atoms with Crippen LogP contribution in [-0.4, -0.2) is 24.2 Å². The van der Waals surface area contributed by atoms with E-state index in [0.717, 1.165) is 32.7 Å². The minimum absolute atomic E-state index is 0.0983. The van der Waals surface area contributed by atoms with E-state index in [1.165, 1.54) is 25.7 Å². The van der Waals surface area contributed by atoms with Crippen LogP contribution in [-0.2, 0) is 4.79 Å². The van der Waals surface area contributed by atoms with Gasteiger partial charge in [0.15, 0.2) is 11.7 Å². The van der Waals surface area contributed by atoms with Gasteiger partial charge in [0.1, 0.15) is 5.75 Å². The van der Waals surface area contributed by atoms with Crippen molar-refractivity contribution < 1.29 is 9.53 Å². The van der Waals surface area contributed by atoms with E-state index in [1.807, 2.05) is 30.3 Å². The maximum atomic E-state index is 12.0. The Labute approximate surface area is 182 Å². The molecule has 0 radical (unpaired) electrons. The minimum atomic E-state index is -0.277. The van der Waals surface area contributed by atoms with E-state index in [-0.39, 0.29) is 12.5 Å². The van der Waals surface area contributed by atoms with Crippen LogP contribution in [0.5, 0.6) is 5.75 Å². The summed E-state index contributed by atoms with van der Waals surface area (Å²) in [7, 11) is 0. The van der Waals surface area contributed by atoms with E-state index < -0.39 is 0 Å². The van der Waals surface area contributed by atoms with Gasteiger partial charge in [-0.2, -0.15) is 0 Å². The number of fused-ring (bicyclic) bond motifs is 1. The van der Waals surface area contributed by atoms with Gasteiger partial charge in [-0.15, -0.1) is 0 Å². The maximum Gasteiger partial charge on any atom is 0.264 e. The monoisotopic (exact) mass is 514 g/mol. The van der Waals surface area contributed by atoms with Gasteiger partial charge in [-0.05, 0) is 63.5 Å². The third-order valence-corrected chi connectivity index (χ3v) is 5.62. The van der Waals surface area contributed by atoms with Crippen LogP contribution < -0.4 is 15.4 Å². The molecule has 1 amide bonds. The molecule has 0 aliphatic rings. The standard InChI is InChI=1S/C20H24Br2N2O2S/c1-2-3-4-5-6-11-23-20(27)24-18(25)13-26-17-10-7-14-12-15(21)8-9-16(14)19(17)22/h7-10,12H,2-6,11,13H2,1H3,(H2,23,24,25,27). The molecule has 2 N–H and O–H groups in total. The van der Waals surface area contributed by atoms with Crippen molar-refractivity contribution in [2.45, 2.75) is 39.0 Å². The Morgan fingerprint density at radius 2 is 1.89 bits per heavy atom. The highest BCUT2D eigenvalue weighted by Crippen LogP contribution is 2.34. The molecule has 2 rings (SSSR count). The van der Waals surface area contributed by atoms with E-state index >= 15 is 0 Å². The number of ether oxygens (including phenoxy) is 1. The molecule has 27 heavy (non-hydrogen) atoms. The second-order valence-electron chi connectivity index (χ2n) is 6.25. The topological polar surface area (TPSA) is 50.4 Å². The van der Waals surface area contributed by atoms with Gasteiger partial charge >= 0.3 is 0 Å². The van der Waals surface area contributed by atoms with Crippen molar-refractivity contribution in [2.75, 3.05) is 13.2 Å². The number of halogens is 2. The van der Waals surface area contributed by atoms with Crippen molar-refractivity contribution in [2.24, 2.45) is 0 Å². The molecule has 0 saturated carbocycles. The molecular formula is C20H24Br2N2O2S. The van der Waals surface area contributed by atoms with Crippen molar-refractivity contribution in [3.8, 4) is 5.75 Å². The lowest BCUT2D eigenvalue weighted by Gasteiger charge is -2.12. The molecule has 0 aliphatic carbocycles. The first-order valence-electron chi connectivity index (χ1n) is 9.09. The summed E-state index contributed by atoms with van der Waals surface area (Å²) in [6, 6.07) is 9.80. The van der Waals surface area contributed by atoms with Crippen LogP contribution in [0.25, 0.3) is 10.8 Å². The third-order valence-electron chi connectivity index (χ3n) is 4.06. The van der Waals surface area contributed by atoms with Gasteiger partial charge < -0.3 is 15.4 Å². The molecule has 0 heterocycles. The smallest absolute Gasteiger partial charge is 0.264 e. The Hall–Kier alpha value is -1.18. The number of hydrogen-bond acceptors (Lipinski definition) is 3. The van der Waals surface area contributed by atoms with Gasteiger partial charge in [-0.3, -0.25) is 4.79 Å². The summed E-state index contributed by atoms with van der Waals surface area (Å²) in [6.45, 7) is 2.87. The number of amides is 1. The quantitative estimate of drug-likeness (QED) is 0.332. The molecule has 0 unspecified atom stereocenters. The van der Waals surface area contributed by atoms with Crippen molar-refractivity contribution >= 4 is 65.9 Å². The van der Waals surface area contributed by atoms with Crippen LogP contribution in [0, 0.1) is 0 Å². The molecule has 2 aromatic rings. The van der Waals surface area contributed by atoms with Gasteiger partial charge in [0.05, 0.1) is 4.47 Å². The van der Waals surface area contributed by atoms with Crippen LogP contribution in [0.2, 0.25) is 0 Å². The molecule has 0 bridgehead atoms. The maximum absolute atomic E-state index is 12.0. The van der Waals surface area contributed by atoms with E-state index in [9.17, 15) is 4.79 Å². The van der Waals surface area contributed by atoms with Crippen LogP contribution >= 0.6 is 44.1 Å². The summed E-state index contributed by atoms with van der Waals surface area (Å²) >= 11 is 12.2. The molecule has 0 fully saturated rings. The van der Waals surface area contributed by atoms with E-state index in [1.54, 1.807) is 0 Å². The van der Waals surface area contributed by atoms with Crippen LogP contribution in [0.3, 0.4) is 0 Å². The fraction of sp³-hybridized carbons (Fsp3) is 0.400. The Kier molecular flexibility index (Phi) is 9.51. The second kappa shape index (κ2) is 11.6. The zero-order chi connectivity index (χ0) is 19.6. The van der Waals surface area contributed by atoms with Crippen molar-refractivity contribution in [1.82, 2.24) is 10.6 Å². The molecule has 0 spiro atoms. The first kappa shape index (κ1) is 22.1. The first-order valence-corrected chi connectivity index (χ1v) is 11.1. The zero-order valence-electron chi connectivity index (χ0n) is 15.3. The van der Waals surface area contributed by atoms with Crippen LogP contribution in [0.1, 0.15) is 39.0 Å². The van der Waals surface area contributed by atoms with Gasteiger partial charge in [-0.25, -0.2) is 0 Å². The molecule has 0 saturated heterocycles. The summed E-state index contributed by atoms with van der Waals surface area (Å²) in [6.07, 6.45) is 5.95. The van der Waals surface area contributed by atoms with Crippen molar-refractivity contribution in [3.05, 3.63) is 39.3 Å². The lowest BCUT2D eigenvalue weighted by atomic mass is 10.1. The zero-order valence-corrected chi connectivity index (χ0v) is 19.3. The predicted molar refractivity (Wildman–Crippen MR) is 122 cm³/mol. The number of benzene rings is 2. The number of thiocarbonyl (C=S) groups is 1. The van der Waals surface area contributed by atoms with Gasteiger partial charge in [0.25, 0.3) is 5.91 Å². The largest absolute Gasteiger partial charge is 0.483 e. The van der Waals surface area contributed by atoms with Gasteiger partial charge in [0.2, 0.25) is 0 Å². The molecule has 7 heteroatoms. The van der Waals surface area contributed by atoms with Crippen LogP contribution in [0.4, 0.5) is 0 Å². The van der Waals surface area contributed by atoms with Crippen molar-refractivity contribution in [3.63, 3.8) is 0 Å². The number of hydrogen-bond donors (Lipinski definition) is 2. The molecule has 0 aliphatic heterocycles. The van der Waals surface area contributed by atoms with E-state index in [4.69, 9.17) is 17.0 Å². The molecule has 0 aromatic heterocycles. The summed E-state index contributed by atoms with van der Waals surface area (Å²) in [5.74, 6) is 0.344. The first-order chi connectivity index (χ1) is 13.0. The Bertz CT molecular complexity index is 799. The van der Waals surface area contributed by atoms with E-state index in [0.29, 0.717) is 10.9 Å². The summed E-state index contributed by atoms with van der Waals surface area (Å²) in [5, 5.41) is 8.16. The molecule has 2 aromatic carbocycles. The average molecular weight is 516 g/mol. The van der Waals surface area contributed by atoms with E-state index in [2.05, 4.69) is 49.4 Å². The molecular weight excluding hydrogens is 492 g/mol. The summed E-state index contributed by atoms with van der Waals surface area (Å²) in [5.41, 5.74) is 0. The number of unbranched alkanes of at least 4 members (excludes halogenated alkanes) is 4.